The number of carbonyl (C=O) groups is 3. The van der Waals surface area contributed by atoms with E-state index in [0.29, 0.717) is 12.4 Å². The van der Waals surface area contributed by atoms with Gasteiger partial charge in [0.1, 0.15) is 24.7 Å². The fourth-order valence-corrected chi connectivity index (χ4v) is 5.53. The summed E-state index contributed by atoms with van der Waals surface area (Å²) in [6.07, 6.45) is 1.62. The van der Waals surface area contributed by atoms with Crippen molar-refractivity contribution in [2.45, 2.75) is 6.61 Å². The summed E-state index contributed by atoms with van der Waals surface area (Å²) in [5.74, 6) is -0.948. The standard InChI is InChI=1S/C29H20FIN2O4S/c30-21-8-4-9-22(15-21)32-27(34)16-33-28(35)26(38-29(33)36)14-18-11-12-25(24(31)13-18)37-17-20-7-3-6-19-5-1-2-10-23(19)20/h1-15H,16-17H2,(H,32,34)/b26-14+. The maximum absolute atomic E-state index is 13.3. The van der Waals surface area contributed by atoms with Gasteiger partial charge in [0.2, 0.25) is 5.91 Å². The van der Waals surface area contributed by atoms with E-state index in [-0.39, 0.29) is 10.6 Å². The van der Waals surface area contributed by atoms with Crippen molar-refractivity contribution in [3.63, 3.8) is 0 Å². The first-order chi connectivity index (χ1) is 18.4. The van der Waals surface area contributed by atoms with Crippen molar-refractivity contribution in [1.82, 2.24) is 4.90 Å². The second-order valence-corrected chi connectivity index (χ2v) is 10.6. The van der Waals surface area contributed by atoms with Crippen molar-refractivity contribution < 1.29 is 23.5 Å². The molecule has 1 fully saturated rings. The molecule has 0 bridgehead atoms. The molecular weight excluding hydrogens is 618 g/mol. The Morgan fingerprint density at radius 2 is 1.79 bits per heavy atom. The number of benzene rings is 4. The van der Waals surface area contributed by atoms with Crippen LogP contribution in [0.15, 0.2) is 89.8 Å². The third-order valence-electron chi connectivity index (χ3n) is 5.80. The zero-order chi connectivity index (χ0) is 26.6. The smallest absolute Gasteiger partial charge is 0.294 e. The number of halogens is 2. The van der Waals surface area contributed by atoms with E-state index >= 15 is 0 Å². The lowest BCUT2D eigenvalue weighted by molar-refractivity contribution is -0.127. The van der Waals surface area contributed by atoms with Crippen molar-refractivity contribution in [2.75, 3.05) is 11.9 Å². The normalized spacial score (nSPS) is 14.4. The number of hydrogen-bond acceptors (Lipinski definition) is 5. The SMILES string of the molecule is O=C(CN1C(=O)S/C(=C/c2ccc(OCc3cccc4ccccc34)c(I)c2)C1=O)Nc1cccc(F)c1. The number of nitrogens with one attached hydrogen (secondary N) is 1. The predicted molar refractivity (Wildman–Crippen MR) is 155 cm³/mol. The molecule has 1 N–H and O–H groups in total. The number of amides is 3. The molecule has 5 rings (SSSR count). The molecule has 190 valence electrons. The number of imide groups is 1. The first kappa shape index (κ1) is 25.9. The summed E-state index contributed by atoms with van der Waals surface area (Å²) >= 11 is 2.94. The molecule has 1 heterocycles. The molecule has 0 radical (unpaired) electrons. The number of thioether (sulfide) groups is 1. The molecule has 0 atom stereocenters. The number of carbonyl (C=O) groups excluding carboxylic acids is 3. The Labute approximate surface area is 236 Å². The van der Waals surface area contributed by atoms with Gasteiger partial charge in [-0.05, 0) is 92.7 Å². The highest BCUT2D eigenvalue weighted by atomic mass is 127. The Morgan fingerprint density at radius 1 is 1.00 bits per heavy atom. The van der Waals surface area contributed by atoms with Crippen LogP contribution >= 0.6 is 34.4 Å². The van der Waals surface area contributed by atoms with Gasteiger partial charge in [-0.1, -0.05) is 54.6 Å². The third kappa shape index (κ3) is 5.89. The van der Waals surface area contributed by atoms with Gasteiger partial charge in [-0.2, -0.15) is 0 Å². The van der Waals surface area contributed by atoms with Crippen LogP contribution in [0.3, 0.4) is 0 Å². The number of ether oxygens (including phenoxy) is 1. The quantitative estimate of drug-likeness (QED) is 0.177. The fraction of sp³-hybridized carbons (Fsp3) is 0.0690. The highest BCUT2D eigenvalue weighted by molar-refractivity contribution is 14.1. The van der Waals surface area contributed by atoms with Crippen LogP contribution in [0.2, 0.25) is 0 Å². The highest BCUT2D eigenvalue weighted by Gasteiger charge is 2.36. The lowest BCUT2D eigenvalue weighted by Crippen LogP contribution is -2.36. The molecule has 0 aliphatic carbocycles. The summed E-state index contributed by atoms with van der Waals surface area (Å²) in [5.41, 5.74) is 2.05. The minimum Gasteiger partial charge on any atom is -0.488 e. The van der Waals surface area contributed by atoms with E-state index in [1.807, 2.05) is 42.5 Å². The molecule has 9 heteroatoms. The summed E-state index contributed by atoms with van der Waals surface area (Å²) in [4.78, 5) is 38.7. The van der Waals surface area contributed by atoms with E-state index < -0.39 is 29.4 Å². The molecule has 0 aromatic heterocycles. The molecule has 0 unspecified atom stereocenters. The minimum absolute atomic E-state index is 0.216. The van der Waals surface area contributed by atoms with Crippen LogP contribution in [0.5, 0.6) is 5.75 Å². The van der Waals surface area contributed by atoms with Crippen molar-refractivity contribution >= 4 is 73.9 Å². The number of rotatable bonds is 7. The Morgan fingerprint density at radius 3 is 2.61 bits per heavy atom. The zero-order valence-corrected chi connectivity index (χ0v) is 22.8. The summed E-state index contributed by atoms with van der Waals surface area (Å²) in [5, 5.41) is 4.25. The molecule has 1 aliphatic rings. The maximum Gasteiger partial charge on any atom is 0.294 e. The molecule has 4 aromatic carbocycles. The number of fused-ring (bicyclic) bond motifs is 1. The highest BCUT2D eigenvalue weighted by Crippen LogP contribution is 2.33. The van der Waals surface area contributed by atoms with Gasteiger partial charge in [0.05, 0.1) is 8.48 Å². The minimum atomic E-state index is -0.596. The van der Waals surface area contributed by atoms with Crippen molar-refractivity contribution in [1.29, 1.82) is 0 Å². The van der Waals surface area contributed by atoms with Crippen molar-refractivity contribution in [2.24, 2.45) is 0 Å². The molecule has 38 heavy (non-hydrogen) atoms. The molecule has 3 amide bonds. The van der Waals surface area contributed by atoms with Gasteiger partial charge >= 0.3 is 0 Å². The Hall–Kier alpha value is -3.70. The summed E-state index contributed by atoms with van der Waals surface area (Å²) < 4.78 is 20.3. The van der Waals surface area contributed by atoms with E-state index in [4.69, 9.17) is 4.74 Å². The van der Waals surface area contributed by atoms with Crippen LogP contribution in [0.4, 0.5) is 14.9 Å². The number of nitrogens with zero attached hydrogens (tertiary/aromatic N) is 1. The Balaban J connectivity index is 1.24. The predicted octanol–water partition coefficient (Wildman–Crippen LogP) is 6.84. The van der Waals surface area contributed by atoms with Gasteiger partial charge in [0.25, 0.3) is 11.1 Å². The van der Waals surface area contributed by atoms with Crippen LogP contribution in [0.25, 0.3) is 16.8 Å². The fourth-order valence-electron chi connectivity index (χ4n) is 4.00. The first-order valence-electron chi connectivity index (χ1n) is 11.6. The van der Waals surface area contributed by atoms with Crippen LogP contribution in [-0.4, -0.2) is 28.5 Å². The second kappa shape index (κ2) is 11.4. The topological polar surface area (TPSA) is 75.7 Å². The second-order valence-electron chi connectivity index (χ2n) is 8.44. The molecule has 0 spiro atoms. The molecule has 4 aromatic rings. The lowest BCUT2D eigenvalue weighted by atomic mass is 10.1. The molecular formula is C29H20FIN2O4S. The number of anilines is 1. The van der Waals surface area contributed by atoms with Crippen molar-refractivity contribution in [3.8, 4) is 5.75 Å². The van der Waals surface area contributed by atoms with E-state index in [1.54, 1.807) is 6.08 Å². The van der Waals surface area contributed by atoms with Gasteiger partial charge in [0.15, 0.2) is 0 Å². The first-order valence-corrected chi connectivity index (χ1v) is 13.5. The lowest BCUT2D eigenvalue weighted by Gasteiger charge is -2.12. The largest absolute Gasteiger partial charge is 0.488 e. The van der Waals surface area contributed by atoms with Crippen molar-refractivity contribution in [3.05, 3.63) is 110 Å². The van der Waals surface area contributed by atoms with Crippen LogP contribution < -0.4 is 10.1 Å². The van der Waals surface area contributed by atoms with Gasteiger partial charge in [-0.15, -0.1) is 0 Å². The van der Waals surface area contributed by atoms with Crippen LogP contribution in [0.1, 0.15) is 11.1 Å². The summed E-state index contributed by atoms with van der Waals surface area (Å²) in [6.45, 7) is -0.0513. The van der Waals surface area contributed by atoms with Crippen LogP contribution in [0, 0.1) is 9.39 Å². The average Bonchev–Trinajstić information content (AvgIpc) is 3.15. The van der Waals surface area contributed by atoms with Crippen LogP contribution in [-0.2, 0) is 16.2 Å². The van der Waals surface area contributed by atoms with Gasteiger partial charge in [-0.3, -0.25) is 19.3 Å². The van der Waals surface area contributed by atoms with E-state index in [9.17, 15) is 18.8 Å². The molecule has 6 nitrogen and oxygen atoms in total. The third-order valence-corrected chi connectivity index (χ3v) is 7.55. The molecule has 0 saturated carbocycles. The van der Waals surface area contributed by atoms with E-state index in [2.05, 4.69) is 46.1 Å². The Bertz CT molecular complexity index is 1600. The van der Waals surface area contributed by atoms with Gasteiger partial charge in [-0.25, -0.2) is 4.39 Å². The molecule has 1 aliphatic heterocycles. The van der Waals surface area contributed by atoms with Gasteiger partial charge in [0, 0.05) is 5.69 Å². The zero-order valence-electron chi connectivity index (χ0n) is 19.8. The number of hydrogen-bond donors (Lipinski definition) is 1. The van der Waals surface area contributed by atoms with E-state index in [0.717, 1.165) is 48.2 Å². The van der Waals surface area contributed by atoms with E-state index in [1.165, 1.54) is 18.2 Å². The molecule has 1 saturated heterocycles. The average molecular weight is 638 g/mol. The summed E-state index contributed by atoms with van der Waals surface area (Å²) in [6, 6.07) is 25.1. The maximum atomic E-state index is 13.3. The monoisotopic (exact) mass is 638 g/mol. The summed E-state index contributed by atoms with van der Waals surface area (Å²) in [7, 11) is 0. The Kier molecular flexibility index (Phi) is 7.75. The van der Waals surface area contributed by atoms with Gasteiger partial charge < -0.3 is 10.1 Å².